The van der Waals surface area contributed by atoms with Gasteiger partial charge in [-0.1, -0.05) is 0 Å². The van der Waals surface area contributed by atoms with Crippen molar-refractivity contribution in [2.45, 2.75) is 19.8 Å². The van der Waals surface area contributed by atoms with Gasteiger partial charge in [-0.25, -0.2) is 0 Å². The van der Waals surface area contributed by atoms with Crippen molar-refractivity contribution in [3.8, 4) is 0 Å². The van der Waals surface area contributed by atoms with Crippen molar-refractivity contribution in [3.05, 3.63) is 46.3 Å². The number of ketones is 1. The smallest absolute Gasteiger partial charge is 0.224 e. The topological polar surface area (TPSA) is 74.8 Å². The van der Waals surface area contributed by atoms with Crippen LogP contribution < -0.4 is 5.32 Å². The van der Waals surface area contributed by atoms with Gasteiger partial charge in [0.2, 0.25) is 5.91 Å². The summed E-state index contributed by atoms with van der Waals surface area (Å²) in [4.78, 5) is 25.7. The van der Waals surface area contributed by atoms with E-state index in [1.54, 1.807) is 6.20 Å². The van der Waals surface area contributed by atoms with Gasteiger partial charge in [-0.05, 0) is 37.3 Å². The van der Waals surface area contributed by atoms with Crippen LogP contribution >= 0.6 is 11.3 Å². The Labute approximate surface area is 131 Å². The molecule has 5 nitrogen and oxygen atoms in total. The first-order valence-electron chi connectivity index (χ1n) is 6.94. The second-order valence-corrected chi connectivity index (χ2v) is 6.34. The van der Waals surface area contributed by atoms with Crippen LogP contribution in [0.2, 0.25) is 0 Å². The van der Waals surface area contributed by atoms with Gasteiger partial charge < -0.3 is 5.32 Å². The third kappa shape index (κ3) is 3.23. The summed E-state index contributed by atoms with van der Waals surface area (Å²) in [7, 11) is 0. The summed E-state index contributed by atoms with van der Waals surface area (Å²) in [6.45, 7) is 1.96. The van der Waals surface area contributed by atoms with E-state index in [0.717, 1.165) is 15.8 Å². The highest BCUT2D eigenvalue weighted by Gasteiger charge is 2.11. The van der Waals surface area contributed by atoms with E-state index in [1.165, 1.54) is 11.3 Å². The number of fused-ring (bicyclic) bond motifs is 1. The van der Waals surface area contributed by atoms with E-state index in [2.05, 4.69) is 15.5 Å². The number of carbonyl (C=O) groups excluding carboxylic acids is 2. The Morgan fingerprint density at radius 2 is 2.09 bits per heavy atom. The molecule has 3 rings (SSSR count). The molecule has 1 aromatic carbocycles. The van der Waals surface area contributed by atoms with Crippen molar-refractivity contribution in [1.82, 2.24) is 10.2 Å². The average Bonchev–Trinajstić information content (AvgIpc) is 3.13. The first-order chi connectivity index (χ1) is 10.6. The van der Waals surface area contributed by atoms with Crippen LogP contribution in [0.5, 0.6) is 0 Å². The fourth-order valence-electron chi connectivity index (χ4n) is 2.18. The number of aromatic nitrogens is 2. The number of aryl methyl sites for hydroxylation is 1. The number of hydrogen-bond acceptors (Lipinski definition) is 4. The van der Waals surface area contributed by atoms with E-state index in [-0.39, 0.29) is 24.5 Å². The second-order valence-electron chi connectivity index (χ2n) is 5.05. The Morgan fingerprint density at radius 1 is 1.23 bits per heavy atom. The molecule has 0 saturated carbocycles. The minimum absolute atomic E-state index is 0.0125. The van der Waals surface area contributed by atoms with E-state index in [4.69, 9.17) is 0 Å². The van der Waals surface area contributed by atoms with Crippen molar-refractivity contribution >= 4 is 39.6 Å². The summed E-state index contributed by atoms with van der Waals surface area (Å²) in [6.07, 6.45) is 2.10. The highest BCUT2D eigenvalue weighted by atomic mass is 32.1. The molecule has 0 bridgehead atoms. The first kappa shape index (κ1) is 14.5. The van der Waals surface area contributed by atoms with Gasteiger partial charge in [-0.15, -0.1) is 11.3 Å². The summed E-state index contributed by atoms with van der Waals surface area (Å²) >= 11 is 1.46. The number of aromatic amines is 1. The average molecular weight is 313 g/mol. The molecule has 6 heteroatoms. The second kappa shape index (κ2) is 6.11. The van der Waals surface area contributed by atoms with E-state index in [0.29, 0.717) is 10.6 Å². The fourth-order valence-corrected chi connectivity index (χ4v) is 3.01. The minimum Gasteiger partial charge on any atom is -0.326 e. The number of anilines is 1. The quantitative estimate of drug-likeness (QED) is 0.708. The highest BCUT2D eigenvalue weighted by molar-refractivity contribution is 7.14. The third-order valence-corrected chi connectivity index (χ3v) is 4.36. The standard InChI is InChI=1S/C16H15N3O2S/c1-10-2-6-15(22-10)14(20)5-7-16(21)18-12-3-4-13-11(8-12)9-17-19-13/h2-4,6,8-9H,5,7H2,1H3,(H,17,19)(H,18,21). The zero-order valence-corrected chi connectivity index (χ0v) is 12.9. The molecule has 0 unspecified atom stereocenters. The molecule has 0 aliphatic heterocycles. The lowest BCUT2D eigenvalue weighted by molar-refractivity contribution is -0.116. The van der Waals surface area contributed by atoms with Crippen LogP contribution in [0.25, 0.3) is 10.9 Å². The van der Waals surface area contributed by atoms with Crippen LogP contribution in [0.3, 0.4) is 0 Å². The third-order valence-electron chi connectivity index (χ3n) is 3.32. The number of benzene rings is 1. The van der Waals surface area contributed by atoms with E-state index < -0.39 is 0 Å². The maximum atomic E-state index is 12.0. The number of rotatable bonds is 5. The van der Waals surface area contributed by atoms with Gasteiger partial charge in [-0.2, -0.15) is 5.10 Å². The number of nitrogens with zero attached hydrogens (tertiary/aromatic N) is 1. The molecule has 0 aliphatic rings. The van der Waals surface area contributed by atoms with Crippen LogP contribution in [0.1, 0.15) is 27.4 Å². The van der Waals surface area contributed by atoms with Gasteiger partial charge in [0.15, 0.2) is 5.78 Å². The lowest BCUT2D eigenvalue weighted by Gasteiger charge is -2.04. The lowest BCUT2D eigenvalue weighted by Crippen LogP contribution is -2.13. The van der Waals surface area contributed by atoms with Crippen molar-refractivity contribution in [1.29, 1.82) is 0 Å². The molecule has 112 valence electrons. The van der Waals surface area contributed by atoms with E-state index in [1.807, 2.05) is 37.3 Å². The molecule has 3 aromatic rings. The van der Waals surface area contributed by atoms with Gasteiger partial charge in [0.25, 0.3) is 0 Å². The van der Waals surface area contributed by atoms with Crippen LogP contribution in [-0.4, -0.2) is 21.9 Å². The number of H-pyrrole nitrogens is 1. The van der Waals surface area contributed by atoms with Crippen LogP contribution in [-0.2, 0) is 4.79 Å². The Bertz CT molecular complexity index is 835. The van der Waals surface area contributed by atoms with Crippen molar-refractivity contribution < 1.29 is 9.59 Å². The molecule has 0 spiro atoms. The first-order valence-corrected chi connectivity index (χ1v) is 7.76. The molecule has 0 aliphatic carbocycles. The van der Waals surface area contributed by atoms with Gasteiger partial charge in [0.05, 0.1) is 16.6 Å². The fraction of sp³-hybridized carbons (Fsp3) is 0.188. The molecule has 2 heterocycles. The van der Waals surface area contributed by atoms with Gasteiger partial charge >= 0.3 is 0 Å². The largest absolute Gasteiger partial charge is 0.326 e. The number of hydrogen-bond donors (Lipinski definition) is 2. The summed E-state index contributed by atoms with van der Waals surface area (Å²) in [6, 6.07) is 9.24. The molecular formula is C16H15N3O2S. The number of nitrogens with one attached hydrogen (secondary N) is 2. The summed E-state index contributed by atoms with van der Waals surface area (Å²) in [5, 5.41) is 10.5. The number of thiophene rings is 1. The monoisotopic (exact) mass is 313 g/mol. The molecule has 0 atom stereocenters. The van der Waals surface area contributed by atoms with Crippen molar-refractivity contribution in [2.24, 2.45) is 0 Å². The summed E-state index contributed by atoms with van der Waals surface area (Å²) in [5.41, 5.74) is 1.62. The number of carbonyl (C=O) groups is 2. The summed E-state index contributed by atoms with van der Waals surface area (Å²) < 4.78 is 0. The predicted molar refractivity (Wildman–Crippen MR) is 87.3 cm³/mol. The Morgan fingerprint density at radius 3 is 2.86 bits per heavy atom. The molecule has 22 heavy (non-hydrogen) atoms. The highest BCUT2D eigenvalue weighted by Crippen LogP contribution is 2.19. The Hall–Kier alpha value is -2.47. The number of Topliss-reactive ketones (excluding diaryl/α,β-unsaturated/α-hetero) is 1. The molecule has 0 fully saturated rings. The van der Waals surface area contributed by atoms with Gasteiger partial charge in [-0.3, -0.25) is 14.7 Å². The number of amides is 1. The maximum absolute atomic E-state index is 12.0. The van der Waals surface area contributed by atoms with E-state index >= 15 is 0 Å². The Kier molecular flexibility index (Phi) is 4.02. The molecule has 0 saturated heterocycles. The molecule has 1 amide bonds. The molecular weight excluding hydrogens is 298 g/mol. The normalized spacial score (nSPS) is 10.8. The van der Waals surface area contributed by atoms with Crippen LogP contribution in [0, 0.1) is 6.92 Å². The molecule has 2 N–H and O–H groups in total. The minimum atomic E-state index is -0.163. The Balaban J connectivity index is 1.56. The maximum Gasteiger partial charge on any atom is 0.224 e. The SMILES string of the molecule is Cc1ccc(C(=O)CCC(=O)Nc2ccc3[nH]ncc3c2)s1. The van der Waals surface area contributed by atoms with Crippen molar-refractivity contribution in [3.63, 3.8) is 0 Å². The van der Waals surface area contributed by atoms with Gasteiger partial charge in [0, 0.05) is 28.8 Å². The summed E-state index contributed by atoms with van der Waals surface area (Å²) in [5.74, 6) is -0.150. The predicted octanol–water partition coefficient (Wildman–Crippen LogP) is 3.53. The zero-order chi connectivity index (χ0) is 15.5. The molecule has 2 aromatic heterocycles. The van der Waals surface area contributed by atoms with E-state index in [9.17, 15) is 9.59 Å². The van der Waals surface area contributed by atoms with Gasteiger partial charge in [0.1, 0.15) is 0 Å². The lowest BCUT2D eigenvalue weighted by atomic mass is 10.2. The molecule has 0 radical (unpaired) electrons. The van der Waals surface area contributed by atoms with Crippen molar-refractivity contribution in [2.75, 3.05) is 5.32 Å². The zero-order valence-electron chi connectivity index (χ0n) is 12.1. The van der Waals surface area contributed by atoms with Crippen LogP contribution in [0.15, 0.2) is 36.5 Å². The van der Waals surface area contributed by atoms with Crippen LogP contribution in [0.4, 0.5) is 5.69 Å².